The van der Waals surface area contributed by atoms with E-state index in [2.05, 4.69) is 0 Å². The van der Waals surface area contributed by atoms with Gasteiger partial charge in [0.05, 0.1) is 9.79 Å². The molecule has 3 N–H and O–H groups in total. The van der Waals surface area contributed by atoms with E-state index in [1.165, 1.54) is 24.3 Å². The van der Waals surface area contributed by atoms with Crippen LogP contribution in [-0.2, 0) is 20.2 Å². The average Bonchev–Trinajstić information content (AvgIpc) is 2.44. The lowest BCUT2D eigenvalue weighted by Crippen LogP contribution is -2.04. The molecule has 9 heteroatoms. The van der Waals surface area contributed by atoms with Gasteiger partial charge in [-0.25, -0.2) is 0 Å². The minimum absolute atomic E-state index is 0.0733. The molecule has 0 radical (unpaired) electrons. The maximum atomic E-state index is 11.2. The highest BCUT2D eigenvalue weighted by molar-refractivity contribution is 7.86. The Bertz CT molecular complexity index is 906. The second-order valence-electron chi connectivity index (χ2n) is 4.61. The fourth-order valence-electron chi connectivity index (χ4n) is 1.77. The molecular weight excluding hydrogens is 344 g/mol. The van der Waals surface area contributed by atoms with E-state index in [1.54, 1.807) is 12.1 Å². The Hall–Kier alpha value is -2.20. The van der Waals surface area contributed by atoms with Crippen LogP contribution in [0.2, 0.25) is 0 Å². The summed E-state index contributed by atoms with van der Waals surface area (Å²) in [6.45, 7) is 0. The van der Waals surface area contributed by atoms with Gasteiger partial charge in [-0.05, 0) is 41.5 Å². The lowest BCUT2D eigenvalue weighted by Gasteiger charge is -2.04. The molecule has 2 aromatic rings. The molecule has 23 heavy (non-hydrogen) atoms. The molecule has 0 bridgehead atoms. The molecule has 0 unspecified atom stereocenters. The standard InChI is InChI=1S/C14H12O7S2/c15-12-5-3-10(4-6-12)1-2-11-7-13(22(16,17)18)9-14(8-11)23(19,20)21/h1-9,15H,(H,16,17,18)(H,19,20,21)/b2-1+. The van der Waals surface area contributed by atoms with Crippen LogP contribution in [0, 0.1) is 0 Å². The summed E-state index contributed by atoms with van der Waals surface area (Å²) in [5, 5.41) is 9.18. The molecule has 0 aliphatic carbocycles. The van der Waals surface area contributed by atoms with Crippen LogP contribution >= 0.6 is 0 Å². The van der Waals surface area contributed by atoms with Gasteiger partial charge in [0.15, 0.2) is 0 Å². The number of benzene rings is 2. The molecule has 2 rings (SSSR count). The predicted molar refractivity (Wildman–Crippen MR) is 83.1 cm³/mol. The molecule has 0 aliphatic heterocycles. The van der Waals surface area contributed by atoms with Gasteiger partial charge >= 0.3 is 0 Å². The normalized spacial score (nSPS) is 12.6. The minimum atomic E-state index is -4.64. The molecule has 0 amide bonds. The molecular formula is C14H12O7S2. The van der Waals surface area contributed by atoms with Gasteiger partial charge in [0.1, 0.15) is 5.75 Å². The Morgan fingerprint density at radius 1 is 0.696 bits per heavy atom. The molecule has 7 nitrogen and oxygen atoms in total. The summed E-state index contributed by atoms with van der Waals surface area (Å²) in [6, 6.07) is 8.82. The van der Waals surface area contributed by atoms with Crippen LogP contribution in [-0.4, -0.2) is 31.0 Å². The van der Waals surface area contributed by atoms with Crippen LogP contribution < -0.4 is 0 Å². The minimum Gasteiger partial charge on any atom is -0.508 e. The van der Waals surface area contributed by atoms with Gasteiger partial charge in [-0.2, -0.15) is 16.8 Å². The zero-order valence-electron chi connectivity index (χ0n) is 11.5. The van der Waals surface area contributed by atoms with Gasteiger partial charge in [-0.15, -0.1) is 0 Å². The zero-order chi connectivity index (χ0) is 17.3. The van der Waals surface area contributed by atoms with Crippen molar-refractivity contribution in [1.82, 2.24) is 0 Å². The van der Waals surface area contributed by atoms with Crippen molar-refractivity contribution < 1.29 is 31.0 Å². The number of phenols is 1. The topological polar surface area (TPSA) is 129 Å². The second-order valence-corrected chi connectivity index (χ2v) is 7.46. The number of aromatic hydroxyl groups is 1. The Labute approximate surface area is 133 Å². The van der Waals surface area contributed by atoms with E-state index < -0.39 is 30.0 Å². The van der Waals surface area contributed by atoms with Gasteiger partial charge < -0.3 is 5.11 Å². The highest BCUT2D eigenvalue weighted by Gasteiger charge is 2.17. The molecule has 0 heterocycles. The molecule has 122 valence electrons. The molecule has 0 fully saturated rings. The first-order valence-electron chi connectivity index (χ1n) is 6.13. The smallest absolute Gasteiger partial charge is 0.294 e. The van der Waals surface area contributed by atoms with Crippen molar-refractivity contribution in [3.63, 3.8) is 0 Å². The number of hydrogen-bond acceptors (Lipinski definition) is 5. The summed E-state index contributed by atoms with van der Waals surface area (Å²) in [4.78, 5) is -1.31. The first-order valence-corrected chi connectivity index (χ1v) is 9.01. The average molecular weight is 356 g/mol. The maximum Gasteiger partial charge on any atom is 0.294 e. The summed E-state index contributed by atoms with van der Waals surface area (Å²) in [6.07, 6.45) is 2.94. The third-order valence-corrected chi connectivity index (χ3v) is 4.52. The van der Waals surface area contributed by atoms with Crippen LogP contribution in [0.3, 0.4) is 0 Å². The Morgan fingerprint density at radius 2 is 1.13 bits per heavy atom. The molecule has 0 spiro atoms. The molecule has 0 aliphatic rings. The van der Waals surface area contributed by atoms with Crippen molar-refractivity contribution in [2.45, 2.75) is 9.79 Å². The zero-order valence-corrected chi connectivity index (χ0v) is 13.1. The van der Waals surface area contributed by atoms with E-state index in [1.807, 2.05) is 0 Å². The summed E-state index contributed by atoms with van der Waals surface area (Å²) >= 11 is 0. The number of rotatable bonds is 4. The van der Waals surface area contributed by atoms with Crippen LogP contribution in [0.15, 0.2) is 52.3 Å². The van der Waals surface area contributed by atoms with E-state index in [0.29, 0.717) is 11.6 Å². The van der Waals surface area contributed by atoms with Crippen LogP contribution in [0.1, 0.15) is 11.1 Å². The van der Waals surface area contributed by atoms with Crippen molar-refractivity contribution in [3.05, 3.63) is 53.6 Å². The first kappa shape index (κ1) is 17.2. The van der Waals surface area contributed by atoms with Gasteiger partial charge in [-0.3, -0.25) is 9.11 Å². The number of hydrogen-bond donors (Lipinski definition) is 3. The molecule has 0 saturated heterocycles. The predicted octanol–water partition coefficient (Wildman–Crippen LogP) is 2.06. The lowest BCUT2D eigenvalue weighted by molar-refractivity contribution is 0.475. The monoisotopic (exact) mass is 356 g/mol. The summed E-state index contributed by atoms with van der Waals surface area (Å²) in [5.74, 6) is 0.0733. The molecule has 2 aromatic carbocycles. The largest absolute Gasteiger partial charge is 0.508 e. The Morgan fingerprint density at radius 3 is 1.57 bits per heavy atom. The van der Waals surface area contributed by atoms with Gasteiger partial charge in [0.25, 0.3) is 20.2 Å². The molecule has 0 atom stereocenters. The lowest BCUT2D eigenvalue weighted by atomic mass is 10.1. The summed E-state index contributed by atoms with van der Waals surface area (Å²) in [7, 11) is -9.28. The first-order chi connectivity index (χ1) is 10.6. The van der Waals surface area contributed by atoms with E-state index in [0.717, 1.165) is 12.1 Å². The Kier molecular flexibility index (Phi) is 4.57. The SMILES string of the molecule is O=S(=O)(O)c1cc(/C=C/c2ccc(O)cc2)cc(S(=O)(=O)O)c1. The quantitative estimate of drug-likeness (QED) is 0.565. The van der Waals surface area contributed by atoms with Crippen molar-refractivity contribution in [3.8, 4) is 5.75 Å². The van der Waals surface area contributed by atoms with Gasteiger partial charge in [-0.1, -0.05) is 24.3 Å². The third-order valence-electron chi connectivity index (χ3n) is 2.86. The van der Waals surface area contributed by atoms with E-state index >= 15 is 0 Å². The van der Waals surface area contributed by atoms with Crippen LogP contribution in [0.25, 0.3) is 12.2 Å². The van der Waals surface area contributed by atoms with Gasteiger partial charge in [0.2, 0.25) is 0 Å². The summed E-state index contributed by atoms with van der Waals surface area (Å²) in [5.41, 5.74) is 0.800. The highest BCUT2D eigenvalue weighted by Crippen LogP contribution is 2.21. The maximum absolute atomic E-state index is 11.2. The Balaban J connectivity index is 2.51. The van der Waals surface area contributed by atoms with Crippen molar-refractivity contribution in [2.75, 3.05) is 0 Å². The van der Waals surface area contributed by atoms with E-state index in [-0.39, 0.29) is 11.3 Å². The number of phenolic OH excluding ortho intramolecular Hbond substituents is 1. The van der Waals surface area contributed by atoms with Gasteiger partial charge in [0, 0.05) is 0 Å². The fourth-order valence-corrected chi connectivity index (χ4v) is 2.96. The van der Waals surface area contributed by atoms with E-state index in [4.69, 9.17) is 9.11 Å². The van der Waals surface area contributed by atoms with E-state index in [9.17, 15) is 21.9 Å². The van der Waals surface area contributed by atoms with Crippen molar-refractivity contribution >= 4 is 32.4 Å². The third kappa shape index (κ3) is 4.63. The molecule has 0 saturated carbocycles. The van der Waals surface area contributed by atoms with Crippen LogP contribution in [0.5, 0.6) is 5.75 Å². The van der Waals surface area contributed by atoms with Crippen molar-refractivity contribution in [2.24, 2.45) is 0 Å². The van der Waals surface area contributed by atoms with Crippen molar-refractivity contribution in [1.29, 1.82) is 0 Å². The fraction of sp³-hybridized carbons (Fsp3) is 0. The van der Waals surface area contributed by atoms with Crippen LogP contribution in [0.4, 0.5) is 0 Å². The highest BCUT2D eigenvalue weighted by atomic mass is 32.2. The molecule has 0 aromatic heterocycles. The summed E-state index contributed by atoms with van der Waals surface area (Å²) < 4.78 is 62.9. The second kappa shape index (κ2) is 6.13.